The number of aliphatic hydroxyl groups excluding tert-OH is 1. The van der Waals surface area contributed by atoms with Gasteiger partial charge in [0.2, 0.25) is 0 Å². The molecule has 0 saturated carbocycles. The van der Waals surface area contributed by atoms with Crippen molar-refractivity contribution in [2.75, 3.05) is 14.1 Å². The molecule has 0 heterocycles. The molecule has 3 atom stereocenters. The topological polar surface area (TPSA) is 23.5 Å². The monoisotopic (exact) mass is 243 g/mol. The molecule has 0 aliphatic heterocycles. The van der Waals surface area contributed by atoms with Crippen LogP contribution in [0.5, 0.6) is 0 Å². The molecule has 0 amide bonds. The highest BCUT2D eigenvalue weighted by Gasteiger charge is 2.34. The van der Waals surface area contributed by atoms with Crippen molar-refractivity contribution < 1.29 is 5.11 Å². The van der Waals surface area contributed by atoms with Crippen LogP contribution in [0.15, 0.2) is 0 Å². The van der Waals surface area contributed by atoms with Crippen molar-refractivity contribution in [3.8, 4) is 0 Å². The minimum atomic E-state index is -0.218. The van der Waals surface area contributed by atoms with Crippen LogP contribution in [0.25, 0.3) is 0 Å². The van der Waals surface area contributed by atoms with Crippen LogP contribution in [-0.2, 0) is 0 Å². The Morgan fingerprint density at radius 2 is 1.76 bits per heavy atom. The van der Waals surface area contributed by atoms with E-state index in [9.17, 15) is 5.11 Å². The molecule has 0 fully saturated rings. The molecule has 17 heavy (non-hydrogen) atoms. The fourth-order valence-electron chi connectivity index (χ4n) is 2.40. The Labute approximate surface area is 108 Å². The Balaban J connectivity index is 4.41. The van der Waals surface area contributed by atoms with Crippen molar-refractivity contribution in [2.24, 2.45) is 5.92 Å². The maximum Gasteiger partial charge on any atom is 0.0723 e. The van der Waals surface area contributed by atoms with Crippen LogP contribution >= 0.6 is 0 Å². The lowest BCUT2D eigenvalue weighted by molar-refractivity contribution is -0.0129. The smallest absolute Gasteiger partial charge is 0.0723 e. The van der Waals surface area contributed by atoms with Crippen LogP contribution < -0.4 is 0 Å². The standard InChI is InChI=1S/C15H33NO/c1-7-10-11-13(8-2)12-14(17)15(4,9-3)16(5)6/h13-14,17H,7-12H2,1-6H3. The number of rotatable bonds is 9. The van der Waals surface area contributed by atoms with Crippen LogP contribution in [0, 0.1) is 5.92 Å². The van der Waals surface area contributed by atoms with Gasteiger partial charge in [-0.05, 0) is 39.8 Å². The van der Waals surface area contributed by atoms with Crippen LogP contribution in [0.4, 0.5) is 0 Å². The summed E-state index contributed by atoms with van der Waals surface area (Å²) >= 11 is 0. The Hall–Kier alpha value is -0.0800. The molecule has 2 heteroatoms. The molecule has 0 radical (unpaired) electrons. The Morgan fingerprint density at radius 3 is 2.12 bits per heavy atom. The SMILES string of the molecule is CCCCC(CC)CC(O)C(C)(CC)N(C)C. The molecular formula is C15H33NO. The van der Waals surface area contributed by atoms with E-state index in [1.165, 1.54) is 25.7 Å². The first kappa shape index (κ1) is 16.9. The molecule has 0 aromatic rings. The summed E-state index contributed by atoms with van der Waals surface area (Å²) < 4.78 is 0. The second-order valence-corrected chi connectivity index (χ2v) is 5.77. The molecule has 1 N–H and O–H groups in total. The van der Waals surface area contributed by atoms with Crippen LogP contribution in [0.2, 0.25) is 0 Å². The van der Waals surface area contributed by atoms with Gasteiger partial charge in [0, 0.05) is 5.54 Å². The summed E-state index contributed by atoms with van der Waals surface area (Å²) in [5, 5.41) is 10.5. The third-order valence-electron chi connectivity index (χ3n) is 4.56. The second kappa shape index (κ2) is 8.10. The van der Waals surface area contributed by atoms with Gasteiger partial charge in [-0.25, -0.2) is 0 Å². The number of hydrogen-bond donors (Lipinski definition) is 1. The molecule has 0 rings (SSSR count). The average molecular weight is 243 g/mol. The Bertz CT molecular complexity index is 193. The summed E-state index contributed by atoms with van der Waals surface area (Å²) in [6.07, 6.45) is 6.71. The summed E-state index contributed by atoms with van der Waals surface area (Å²) in [6, 6.07) is 0. The lowest BCUT2D eigenvalue weighted by Crippen LogP contribution is -2.51. The summed E-state index contributed by atoms with van der Waals surface area (Å²) in [4.78, 5) is 2.17. The molecule has 2 nitrogen and oxygen atoms in total. The number of nitrogens with zero attached hydrogens (tertiary/aromatic N) is 1. The first-order valence-corrected chi connectivity index (χ1v) is 7.27. The van der Waals surface area contributed by atoms with Crippen molar-refractivity contribution in [2.45, 2.75) is 77.9 Å². The van der Waals surface area contributed by atoms with Crippen LogP contribution in [0.3, 0.4) is 0 Å². The van der Waals surface area contributed by atoms with Gasteiger partial charge in [-0.15, -0.1) is 0 Å². The van der Waals surface area contributed by atoms with Crippen molar-refractivity contribution in [1.82, 2.24) is 4.90 Å². The summed E-state index contributed by atoms with van der Waals surface area (Å²) in [5.74, 6) is 0.677. The van der Waals surface area contributed by atoms with Crippen molar-refractivity contribution in [1.29, 1.82) is 0 Å². The van der Waals surface area contributed by atoms with Crippen molar-refractivity contribution in [3.05, 3.63) is 0 Å². The quantitative estimate of drug-likeness (QED) is 0.667. The van der Waals surface area contributed by atoms with Gasteiger partial charge in [-0.2, -0.15) is 0 Å². The lowest BCUT2D eigenvalue weighted by atomic mass is 9.82. The molecule has 0 aliphatic rings. The van der Waals surface area contributed by atoms with E-state index < -0.39 is 0 Å². The Morgan fingerprint density at radius 1 is 1.18 bits per heavy atom. The van der Waals surface area contributed by atoms with Gasteiger partial charge >= 0.3 is 0 Å². The normalized spacial score (nSPS) is 19.1. The van der Waals surface area contributed by atoms with Gasteiger partial charge < -0.3 is 10.0 Å². The fourth-order valence-corrected chi connectivity index (χ4v) is 2.40. The zero-order valence-corrected chi connectivity index (χ0v) is 12.8. The number of aliphatic hydroxyl groups is 1. The molecule has 0 spiro atoms. The van der Waals surface area contributed by atoms with Gasteiger partial charge in [0.1, 0.15) is 0 Å². The van der Waals surface area contributed by atoms with Gasteiger partial charge in [0.25, 0.3) is 0 Å². The molecular weight excluding hydrogens is 210 g/mol. The summed E-state index contributed by atoms with van der Waals surface area (Å²) in [5.41, 5.74) is -0.0837. The minimum absolute atomic E-state index is 0.0837. The second-order valence-electron chi connectivity index (χ2n) is 5.77. The first-order valence-electron chi connectivity index (χ1n) is 7.27. The highest BCUT2D eigenvalue weighted by atomic mass is 16.3. The molecule has 0 aromatic carbocycles. The van der Waals surface area contributed by atoms with Crippen LogP contribution in [-0.4, -0.2) is 35.7 Å². The van der Waals surface area contributed by atoms with Crippen molar-refractivity contribution >= 4 is 0 Å². The van der Waals surface area contributed by atoms with E-state index in [1.807, 2.05) is 0 Å². The minimum Gasteiger partial charge on any atom is -0.391 e. The van der Waals surface area contributed by atoms with Gasteiger partial charge in [-0.1, -0.05) is 46.5 Å². The molecule has 3 unspecified atom stereocenters. The Kier molecular flexibility index (Phi) is 8.06. The highest BCUT2D eigenvalue weighted by Crippen LogP contribution is 2.28. The fraction of sp³-hybridized carbons (Fsp3) is 1.00. The molecule has 104 valence electrons. The van der Waals surface area contributed by atoms with Crippen molar-refractivity contribution in [3.63, 3.8) is 0 Å². The maximum atomic E-state index is 10.5. The van der Waals surface area contributed by atoms with E-state index >= 15 is 0 Å². The number of likely N-dealkylation sites (N-methyl/N-ethyl adjacent to an activating group) is 1. The van der Waals surface area contributed by atoms with E-state index in [2.05, 4.69) is 46.7 Å². The van der Waals surface area contributed by atoms with Gasteiger partial charge in [-0.3, -0.25) is 0 Å². The largest absolute Gasteiger partial charge is 0.391 e. The van der Waals surface area contributed by atoms with E-state index in [4.69, 9.17) is 0 Å². The lowest BCUT2D eigenvalue weighted by Gasteiger charge is -2.41. The average Bonchev–Trinajstić information content (AvgIpc) is 2.32. The van der Waals surface area contributed by atoms with E-state index in [1.54, 1.807) is 0 Å². The summed E-state index contributed by atoms with van der Waals surface area (Å²) in [6.45, 7) is 8.81. The van der Waals surface area contributed by atoms with E-state index in [0.29, 0.717) is 5.92 Å². The third kappa shape index (κ3) is 4.97. The highest BCUT2D eigenvalue weighted by molar-refractivity contribution is 4.90. The summed E-state index contributed by atoms with van der Waals surface area (Å²) in [7, 11) is 4.14. The molecule has 0 aliphatic carbocycles. The number of hydrogen-bond acceptors (Lipinski definition) is 2. The molecule has 0 aromatic heterocycles. The van der Waals surface area contributed by atoms with Crippen LogP contribution in [0.1, 0.15) is 66.2 Å². The first-order chi connectivity index (χ1) is 7.92. The zero-order valence-electron chi connectivity index (χ0n) is 12.8. The zero-order chi connectivity index (χ0) is 13.5. The predicted molar refractivity (Wildman–Crippen MR) is 76.3 cm³/mol. The van der Waals surface area contributed by atoms with E-state index in [-0.39, 0.29) is 11.6 Å². The molecule has 0 saturated heterocycles. The third-order valence-corrected chi connectivity index (χ3v) is 4.56. The van der Waals surface area contributed by atoms with E-state index in [0.717, 1.165) is 12.8 Å². The predicted octanol–water partition coefficient (Wildman–Crippen LogP) is 3.68. The van der Waals surface area contributed by atoms with Gasteiger partial charge in [0.15, 0.2) is 0 Å². The maximum absolute atomic E-state index is 10.5. The molecule has 0 bridgehead atoms. The van der Waals surface area contributed by atoms with Gasteiger partial charge in [0.05, 0.1) is 6.10 Å². The number of unbranched alkanes of at least 4 members (excludes halogenated alkanes) is 1.